The number of nitrogens with zero attached hydrogens (tertiary/aromatic N) is 4. The first-order valence-corrected chi connectivity index (χ1v) is 7.71. The van der Waals surface area contributed by atoms with Crippen molar-refractivity contribution < 1.29 is 0 Å². The van der Waals surface area contributed by atoms with Gasteiger partial charge in [0, 0.05) is 32.0 Å². The van der Waals surface area contributed by atoms with Crippen molar-refractivity contribution in [3.8, 4) is 0 Å². The van der Waals surface area contributed by atoms with E-state index in [0.29, 0.717) is 6.04 Å². The van der Waals surface area contributed by atoms with Crippen LogP contribution in [0.15, 0.2) is 12.4 Å². The van der Waals surface area contributed by atoms with Gasteiger partial charge in [-0.25, -0.2) is 0 Å². The van der Waals surface area contributed by atoms with Crippen molar-refractivity contribution in [1.82, 2.24) is 24.9 Å². The van der Waals surface area contributed by atoms with Crippen LogP contribution in [0.3, 0.4) is 0 Å². The fourth-order valence-electron chi connectivity index (χ4n) is 2.79. The molecule has 0 aliphatic rings. The van der Waals surface area contributed by atoms with E-state index in [4.69, 9.17) is 0 Å². The van der Waals surface area contributed by atoms with Gasteiger partial charge in [-0.2, -0.15) is 10.2 Å². The van der Waals surface area contributed by atoms with Gasteiger partial charge in [0.1, 0.15) is 0 Å². The summed E-state index contributed by atoms with van der Waals surface area (Å²) < 4.78 is 3.85. The van der Waals surface area contributed by atoms with Gasteiger partial charge in [-0.1, -0.05) is 6.92 Å². The number of rotatable bonds is 7. The highest BCUT2D eigenvalue weighted by Crippen LogP contribution is 2.16. The first-order chi connectivity index (χ1) is 10.0. The summed E-state index contributed by atoms with van der Waals surface area (Å²) in [4.78, 5) is 0. The topological polar surface area (TPSA) is 47.7 Å². The highest BCUT2D eigenvalue weighted by atomic mass is 15.3. The molecular weight excluding hydrogens is 262 g/mol. The molecule has 0 saturated carbocycles. The van der Waals surface area contributed by atoms with Gasteiger partial charge in [0.25, 0.3) is 0 Å². The van der Waals surface area contributed by atoms with E-state index in [1.807, 2.05) is 29.7 Å². The molecule has 21 heavy (non-hydrogen) atoms. The van der Waals surface area contributed by atoms with Crippen LogP contribution in [0.2, 0.25) is 0 Å². The molecule has 2 aromatic heterocycles. The molecule has 2 aromatic rings. The Morgan fingerprint density at radius 3 is 2.52 bits per heavy atom. The van der Waals surface area contributed by atoms with Crippen molar-refractivity contribution >= 4 is 0 Å². The zero-order valence-corrected chi connectivity index (χ0v) is 13.8. The van der Waals surface area contributed by atoms with Crippen LogP contribution < -0.4 is 5.32 Å². The van der Waals surface area contributed by atoms with Crippen molar-refractivity contribution in [3.63, 3.8) is 0 Å². The molecular formula is C16H27N5. The van der Waals surface area contributed by atoms with E-state index in [1.54, 1.807) is 0 Å². The quantitative estimate of drug-likeness (QED) is 0.847. The fraction of sp³-hybridized carbons (Fsp3) is 0.625. The first kappa shape index (κ1) is 15.8. The average Bonchev–Trinajstić information content (AvgIpc) is 2.94. The second kappa shape index (κ2) is 6.89. The third kappa shape index (κ3) is 3.94. The largest absolute Gasteiger partial charge is 0.313 e. The molecule has 5 nitrogen and oxygen atoms in total. The summed E-state index contributed by atoms with van der Waals surface area (Å²) in [5.41, 5.74) is 5.06. The Labute approximate surface area is 127 Å². The Morgan fingerprint density at radius 2 is 2.00 bits per heavy atom. The van der Waals surface area contributed by atoms with Gasteiger partial charge in [-0.05, 0) is 50.8 Å². The van der Waals surface area contributed by atoms with Crippen LogP contribution in [0.5, 0.6) is 0 Å². The van der Waals surface area contributed by atoms with Gasteiger partial charge in [0.2, 0.25) is 0 Å². The van der Waals surface area contributed by atoms with Gasteiger partial charge in [0.15, 0.2) is 0 Å². The fourth-order valence-corrected chi connectivity index (χ4v) is 2.79. The Bertz CT molecular complexity index is 582. The zero-order chi connectivity index (χ0) is 15.4. The molecule has 0 fully saturated rings. The molecule has 0 radical (unpaired) electrons. The van der Waals surface area contributed by atoms with Crippen LogP contribution in [0.4, 0.5) is 0 Å². The van der Waals surface area contributed by atoms with E-state index in [9.17, 15) is 0 Å². The second-order valence-corrected chi connectivity index (χ2v) is 5.85. The third-order valence-corrected chi connectivity index (χ3v) is 4.03. The van der Waals surface area contributed by atoms with Crippen molar-refractivity contribution in [2.24, 2.45) is 14.1 Å². The summed E-state index contributed by atoms with van der Waals surface area (Å²) in [6.45, 7) is 7.50. The minimum Gasteiger partial charge on any atom is -0.313 e. The third-order valence-electron chi connectivity index (χ3n) is 4.03. The lowest BCUT2D eigenvalue weighted by molar-refractivity contribution is 0.503. The Hall–Kier alpha value is -1.62. The van der Waals surface area contributed by atoms with E-state index in [1.165, 1.54) is 16.8 Å². The van der Waals surface area contributed by atoms with Crippen LogP contribution in [0.1, 0.15) is 35.9 Å². The van der Waals surface area contributed by atoms with E-state index in [0.717, 1.165) is 31.5 Å². The van der Waals surface area contributed by atoms with Crippen molar-refractivity contribution in [3.05, 3.63) is 34.9 Å². The lowest BCUT2D eigenvalue weighted by atomic mass is 9.99. The summed E-state index contributed by atoms with van der Waals surface area (Å²) in [5, 5.41) is 12.5. The predicted octanol–water partition coefficient (Wildman–Crippen LogP) is 1.92. The molecule has 0 bridgehead atoms. The summed E-state index contributed by atoms with van der Waals surface area (Å²) >= 11 is 0. The van der Waals surface area contributed by atoms with Crippen LogP contribution in [-0.2, 0) is 26.9 Å². The number of aryl methyl sites for hydroxylation is 3. The summed E-state index contributed by atoms with van der Waals surface area (Å²) in [5.74, 6) is 0. The van der Waals surface area contributed by atoms with Crippen molar-refractivity contribution in [1.29, 1.82) is 0 Å². The van der Waals surface area contributed by atoms with Gasteiger partial charge < -0.3 is 5.32 Å². The maximum atomic E-state index is 4.53. The van der Waals surface area contributed by atoms with Gasteiger partial charge in [0.05, 0.1) is 11.9 Å². The van der Waals surface area contributed by atoms with Gasteiger partial charge >= 0.3 is 0 Å². The van der Waals surface area contributed by atoms with Gasteiger partial charge in [-0.15, -0.1) is 0 Å². The molecule has 0 aliphatic carbocycles. The molecule has 0 aromatic carbocycles. The Morgan fingerprint density at radius 1 is 1.24 bits per heavy atom. The molecule has 2 rings (SSSR count). The Kier molecular flexibility index (Phi) is 5.17. The number of aromatic nitrogens is 4. The number of hydrogen-bond acceptors (Lipinski definition) is 3. The van der Waals surface area contributed by atoms with Crippen LogP contribution in [0.25, 0.3) is 0 Å². The number of hydrogen-bond donors (Lipinski definition) is 1. The maximum Gasteiger partial charge on any atom is 0.0628 e. The summed E-state index contributed by atoms with van der Waals surface area (Å²) in [6, 6.07) is 0.427. The summed E-state index contributed by atoms with van der Waals surface area (Å²) in [7, 11) is 3.98. The Balaban J connectivity index is 2.12. The molecule has 0 aliphatic heterocycles. The molecule has 116 valence electrons. The van der Waals surface area contributed by atoms with E-state index < -0.39 is 0 Å². The van der Waals surface area contributed by atoms with E-state index >= 15 is 0 Å². The van der Waals surface area contributed by atoms with E-state index in [-0.39, 0.29) is 0 Å². The monoisotopic (exact) mass is 289 g/mol. The van der Waals surface area contributed by atoms with Crippen LogP contribution in [-0.4, -0.2) is 32.1 Å². The predicted molar refractivity (Wildman–Crippen MR) is 85.4 cm³/mol. The highest BCUT2D eigenvalue weighted by Gasteiger charge is 2.16. The highest BCUT2D eigenvalue weighted by molar-refractivity contribution is 5.26. The molecule has 1 unspecified atom stereocenters. The van der Waals surface area contributed by atoms with Crippen LogP contribution in [0, 0.1) is 13.8 Å². The lowest BCUT2D eigenvalue weighted by Crippen LogP contribution is -2.34. The van der Waals surface area contributed by atoms with Crippen molar-refractivity contribution in [2.45, 2.75) is 46.1 Å². The number of nitrogens with one attached hydrogen (secondary N) is 1. The molecule has 1 atom stereocenters. The molecule has 2 heterocycles. The van der Waals surface area contributed by atoms with Gasteiger partial charge in [-0.3, -0.25) is 9.36 Å². The molecule has 5 heteroatoms. The minimum atomic E-state index is 0.427. The first-order valence-electron chi connectivity index (χ1n) is 7.71. The standard InChI is InChI=1S/C16H27N5/c1-6-7-17-15(8-14-10-18-20(4)11-14)9-16-12(2)19-21(5)13(16)3/h10-11,15,17H,6-9H2,1-5H3. The molecule has 0 saturated heterocycles. The lowest BCUT2D eigenvalue weighted by Gasteiger charge is -2.18. The average molecular weight is 289 g/mol. The van der Waals surface area contributed by atoms with Crippen molar-refractivity contribution in [2.75, 3.05) is 6.54 Å². The maximum absolute atomic E-state index is 4.53. The second-order valence-electron chi connectivity index (χ2n) is 5.85. The SMILES string of the molecule is CCCNC(Cc1cnn(C)c1)Cc1c(C)nn(C)c1C. The normalized spacial score (nSPS) is 12.8. The molecule has 0 spiro atoms. The van der Waals surface area contributed by atoms with E-state index in [2.05, 4.69) is 42.5 Å². The minimum absolute atomic E-state index is 0.427. The summed E-state index contributed by atoms with van der Waals surface area (Å²) in [6.07, 6.45) is 7.23. The molecule has 1 N–H and O–H groups in total. The smallest absolute Gasteiger partial charge is 0.0628 e. The zero-order valence-electron chi connectivity index (χ0n) is 13.8. The molecule has 0 amide bonds. The van der Waals surface area contributed by atoms with Crippen LogP contribution >= 0.6 is 0 Å².